The highest BCUT2D eigenvalue weighted by Gasteiger charge is 2.46. The molecule has 2 aliphatic rings. The number of fused-ring (bicyclic) bond motifs is 3. The van der Waals surface area contributed by atoms with E-state index in [1.54, 1.807) is 0 Å². The summed E-state index contributed by atoms with van der Waals surface area (Å²) in [5.74, 6) is 0.803. The van der Waals surface area contributed by atoms with Gasteiger partial charge in [0.05, 0.1) is 0 Å². The van der Waals surface area contributed by atoms with Crippen LogP contribution in [-0.2, 0) is 10.8 Å². The minimum Gasteiger partial charge on any atom is -0.103 e. The monoisotopic (exact) mass is 424 g/mol. The standard InChI is InChI=1S/C32H40/c1-9-10-19-32(8,22-13-11-12-14-22)29-27-20-23(30(2,3)4)15-17-25(27)26-18-16-24(21-28(26)29)31(5,6)7/h9,11-18,20-22,29H,1,10,19H2,2-8H3. The molecule has 0 heteroatoms. The van der Waals surface area contributed by atoms with Crippen LogP contribution in [0.3, 0.4) is 0 Å². The maximum absolute atomic E-state index is 4.06. The average Bonchev–Trinajstić information content (AvgIpc) is 3.36. The lowest BCUT2D eigenvalue weighted by atomic mass is 9.62. The van der Waals surface area contributed by atoms with E-state index < -0.39 is 0 Å². The molecule has 0 spiro atoms. The molecule has 0 N–H and O–H groups in total. The number of benzene rings is 2. The normalized spacial score (nSPS) is 18.0. The summed E-state index contributed by atoms with van der Waals surface area (Å²) in [5, 5.41) is 0. The Balaban J connectivity index is 1.98. The van der Waals surface area contributed by atoms with Crippen LogP contribution >= 0.6 is 0 Å². The van der Waals surface area contributed by atoms with Crippen molar-refractivity contribution in [3.63, 3.8) is 0 Å². The van der Waals surface area contributed by atoms with Crippen molar-refractivity contribution in [2.45, 2.75) is 78.1 Å². The minimum absolute atomic E-state index is 0.0880. The van der Waals surface area contributed by atoms with Gasteiger partial charge in [-0.05, 0) is 62.5 Å². The first-order chi connectivity index (χ1) is 15.0. The first kappa shape index (κ1) is 22.8. The van der Waals surface area contributed by atoms with Crippen molar-refractivity contribution in [3.8, 4) is 11.1 Å². The molecule has 0 aliphatic heterocycles. The fourth-order valence-corrected chi connectivity index (χ4v) is 5.69. The van der Waals surface area contributed by atoms with E-state index in [-0.39, 0.29) is 16.2 Å². The molecule has 0 fully saturated rings. The molecule has 0 amide bonds. The Kier molecular flexibility index (Phi) is 5.64. The quantitative estimate of drug-likeness (QED) is 0.420. The number of allylic oxidation sites excluding steroid dienone is 5. The van der Waals surface area contributed by atoms with E-state index in [1.807, 2.05) is 0 Å². The van der Waals surface area contributed by atoms with Gasteiger partial charge in [0.15, 0.2) is 0 Å². The largest absolute Gasteiger partial charge is 0.103 e. The van der Waals surface area contributed by atoms with Crippen molar-refractivity contribution in [3.05, 3.63) is 95.6 Å². The smallest absolute Gasteiger partial charge is 0.0164 e. The second-order valence-electron chi connectivity index (χ2n) is 12.2. The molecule has 4 rings (SSSR count). The van der Waals surface area contributed by atoms with Gasteiger partial charge in [-0.25, -0.2) is 0 Å². The van der Waals surface area contributed by atoms with E-state index >= 15 is 0 Å². The predicted octanol–water partition coefficient (Wildman–Crippen LogP) is 9.11. The van der Waals surface area contributed by atoms with Crippen LogP contribution in [-0.4, -0.2) is 0 Å². The topological polar surface area (TPSA) is 0 Å². The van der Waals surface area contributed by atoms with Crippen molar-refractivity contribution in [2.24, 2.45) is 11.3 Å². The molecule has 0 aromatic heterocycles. The molecule has 32 heavy (non-hydrogen) atoms. The van der Waals surface area contributed by atoms with Gasteiger partial charge >= 0.3 is 0 Å². The summed E-state index contributed by atoms with van der Waals surface area (Å²) in [6.07, 6.45) is 13.5. The van der Waals surface area contributed by atoms with E-state index in [0.717, 1.165) is 12.8 Å². The predicted molar refractivity (Wildman–Crippen MR) is 140 cm³/mol. The van der Waals surface area contributed by atoms with Gasteiger partial charge in [-0.3, -0.25) is 0 Å². The average molecular weight is 425 g/mol. The van der Waals surface area contributed by atoms with Gasteiger partial charge in [0, 0.05) is 11.8 Å². The van der Waals surface area contributed by atoms with Crippen molar-refractivity contribution in [1.82, 2.24) is 0 Å². The van der Waals surface area contributed by atoms with Crippen molar-refractivity contribution in [1.29, 1.82) is 0 Å². The van der Waals surface area contributed by atoms with Gasteiger partial charge in [0.25, 0.3) is 0 Å². The molecule has 1 atom stereocenters. The minimum atomic E-state index is 0.0880. The molecule has 0 saturated heterocycles. The Morgan fingerprint density at radius 3 is 1.62 bits per heavy atom. The molecule has 1 unspecified atom stereocenters. The molecular weight excluding hydrogens is 384 g/mol. The molecule has 0 heterocycles. The summed E-state index contributed by atoms with van der Waals surface area (Å²) in [6.45, 7) is 20.5. The Bertz CT molecular complexity index is 1000. The third kappa shape index (κ3) is 3.83. The zero-order chi connectivity index (χ0) is 23.3. The fourth-order valence-electron chi connectivity index (χ4n) is 5.69. The van der Waals surface area contributed by atoms with Gasteiger partial charge in [-0.15, -0.1) is 6.58 Å². The lowest BCUT2D eigenvalue weighted by Crippen LogP contribution is -2.32. The van der Waals surface area contributed by atoms with Crippen molar-refractivity contribution in [2.75, 3.05) is 0 Å². The van der Waals surface area contributed by atoms with E-state index in [4.69, 9.17) is 0 Å². The van der Waals surface area contributed by atoms with Crippen LogP contribution in [0.5, 0.6) is 0 Å². The van der Waals surface area contributed by atoms with Crippen LogP contribution < -0.4 is 0 Å². The first-order valence-corrected chi connectivity index (χ1v) is 12.2. The molecule has 0 radical (unpaired) electrons. The summed E-state index contributed by atoms with van der Waals surface area (Å²) in [5.41, 5.74) is 9.08. The Morgan fingerprint density at radius 2 is 1.22 bits per heavy atom. The summed E-state index contributed by atoms with van der Waals surface area (Å²) >= 11 is 0. The highest BCUT2D eigenvalue weighted by atomic mass is 14.5. The Hall–Kier alpha value is -2.34. The molecule has 168 valence electrons. The van der Waals surface area contributed by atoms with Crippen LogP contribution in [0.2, 0.25) is 0 Å². The van der Waals surface area contributed by atoms with Gasteiger partial charge in [-0.1, -0.05) is 115 Å². The molecule has 0 nitrogen and oxygen atoms in total. The van der Waals surface area contributed by atoms with Crippen LogP contribution in [0.4, 0.5) is 0 Å². The van der Waals surface area contributed by atoms with Crippen LogP contribution in [0.15, 0.2) is 73.4 Å². The number of rotatable bonds is 5. The molecule has 0 saturated carbocycles. The van der Waals surface area contributed by atoms with E-state index in [2.05, 4.69) is 122 Å². The van der Waals surface area contributed by atoms with Crippen LogP contribution in [0.1, 0.15) is 89.5 Å². The zero-order valence-electron chi connectivity index (χ0n) is 21.1. The molecular formula is C32H40. The van der Waals surface area contributed by atoms with Gasteiger partial charge in [0.2, 0.25) is 0 Å². The zero-order valence-corrected chi connectivity index (χ0v) is 21.1. The third-order valence-electron chi connectivity index (χ3n) is 7.80. The lowest BCUT2D eigenvalue weighted by Gasteiger charge is -2.41. The van der Waals surface area contributed by atoms with Crippen molar-refractivity contribution < 1.29 is 0 Å². The second kappa shape index (κ2) is 7.91. The Labute approximate surface area is 196 Å². The van der Waals surface area contributed by atoms with E-state index in [1.165, 1.54) is 33.4 Å². The van der Waals surface area contributed by atoms with Gasteiger partial charge in [0.1, 0.15) is 0 Å². The number of hydrogen-bond acceptors (Lipinski definition) is 0. The van der Waals surface area contributed by atoms with E-state index in [9.17, 15) is 0 Å². The maximum Gasteiger partial charge on any atom is 0.0164 e. The molecule has 2 aromatic carbocycles. The summed E-state index contributed by atoms with van der Waals surface area (Å²) in [4.78, 5) is 0. The summed E-state index contributed by atoms with van der Waals surface area (Å²) < 4.78 is 0. The SMILES string of the molecule is C=CCCC(C)(C1C=CC=C1)C1c2cc(C(C)(C)C)ccc2-c2ccc(C(C)(C)C)cc21. The third-order valence-corrected chi connectivity index (χ3v) is 7.80. The second-order valence-corrected chi connectivity index (χ2v) is 12.2. The highest BCUT2D eigenvalue weighted by molar-refractivity contribution is 5.80. The van der Waals surface area contributed by atoms with E-state index in [0.29, 0.717) is 11.8 Å². The van der Waals surface area contributed by atoms with Gasteiger partial charge < -0.3 is 0 Å². The maximum atomic E-state index is 4.06. The molecule has 0 bridgehead atoms. The summed E-state index contributed by atoms with van der Waals surface area (Å²) in [6, 6.07) is 14.5. The fraction of sp³-hybridized carbons (Fsp3) is 0.438. The van der Waals surface area contributed by atoms with Gasteiger partial charge in [-0.2, -0.15) is 0 Å². The number of hydrogen-bond donors (Lipinski definition) is 0. The van der Waals surface area contributed by atoms with Crippen LogP contribution in [0, 0.1) is 11.3 Å². The first-order valence-electron chi connectivity index (χ1n) is 12.2. The molecule has 2 aromatic rings. The summed E-state index contributed by atoms with van der Waals surface area (Å²) in [7, 11) is 0. The highest BCUT2D eigenvalue weighted by Crippen LogP contribution is 2.59. The lowest BCUT2D eigenvalue weighted by molar-refractivity contribution is 0.214. The van der Waals surface area contributed by atoms with Crippen molar-refractivity contribution >= 4 is 0 Å². The van der Waals surface area contributed by atoms with Crippen LogP contribution in [0.25, 0.3) is 11.1 Å². The molecule has 2 aliphatic carbocycles. The Morgan fingerprint density at radius 1 is 0.750 bits per heavy atom.